The molecule has 0 aliphatic carbocycles. The van der Waals surface area contributed by atoms with Crippen molar-refractivity contribution < 1.29 is 9.59 Å². The van der Waals surface area contributed by atoms with Crippen LogP contribution in [0.3, 0.4) is 0 Å². The van der Waals surface area contributed by atoms with Crippen molar-refractivity contribution in [3.63, 3.8) is 0 Å². The predicted molar refractivity (Wildman–Crippen MR) is 153 cm³/mol. The van der Waals surface area contributed by atoms with Gasteiger partial charge in [-0.05, 0) is 35.7 Å². The minimum Gasteiger partial charge on any atom is -0.365 e. The number of benzene rings is 3. The number of hydrogen-bond acceptors (Lipinski definition) is 4. The fourth-order valence-electron chi connectivity index (χ4n) is 4.79. The van der Waals surface area contributed by atoms with Crippen LogP contribution in [0.15, 0.2) is 89.4 Å². The molecule has 1 aliphatic heterocycles. The summed E-state index contributed by atoms with van der Waals surface area (Å²) in [7, 11) is 1.76. The summed E-state index contributed by atoms with van der Waals surface area (Å²) >= 11 is 12.3. The minimum atomic E-state index is -0.508. The van der Waals surface area contributed by atoms with Crippen LogP contribution in [0.5, 0.6) is 0 Å². The van der Waals surface area contributed by atoms with Crippen molar-refractivity contribution in [1.29, 1.82) is 0 Å². The summed E-state index contributed by atoms with van der Waals surface area (Å²) in [5.74, 6) is -0.952. The molecular formula is C30H26Cl2N4O3. The van der Waals surface area contributed by atoms with Crippen LogP contribution in [0, 0.1) is 0 Å². The van der Waals surface area contributed by atoms with Gasteiger partial charge in [0.05, 0.1) is 33.4 Å². The molecule has 1 aromatic heterocycles. The van der Waals surface area contributed by atoms with Crippen molar-refractivity contribution in [2.45, 2.75) is 26.4 Å². The number of nitrogens with one attached hydrogen (secondary N) is 1. The Labute approximate surface area is 235 Å². The van der Waals surface area contributed by atoms with Gasteiger partial charge in [0.1, 0.15) is 5.70 Å². The molecule has 0 atom stereocenters. The Morgan fingerprint density at radius 1 is 0.821 bits per heavy atom. The Bertz CT molecular complexity index is 1640. The second-order valence-electron chi connectivity index (χ2n) is 9.31. The number of rotatable bonds is 8. The molecule has 3 aromatic carbocycles. The minimum absolute atomic E-state index is 0.0891. The molecule has 0 unspecified atom stereocenters. The molecule has 39 heavy (non-hydrogen) atoms. The molecule has 7 nitrogen and oxygen atoms in total. The molecule has 0 saturated carbocycles. The molecule has 1 aliphatic rings. The van der Waals surface area contributed by atoms with Crippen molar-refractivity contribution in [2.75, 3.05) is 7.05 Å². The van der Waals surface area contributed by atoms with Gasteiger partial charge in [-0.15, -0.1) is 0 Å². The van der Waals surface area contributed by atoms with Gasteiger partial charge in [-0.25, -0.2) is 4.68 Å². The van der Waals surface area contributed by atoms with Crippen LogP contribution in [0.1, 0.15) is 29.3 Å². The number of H-pyrrole nitrogens is 1. The van der Waals surface area contributed by atoms with Crippen LogP contribution < -0.4 is 5.56 Å². The highest BCUT2D eigenvalue weighted by atomic mass is 35.5. The highest BCUT2D eigenvalue weighted by Crippen LogP contribution is 2.33. The smallest absolute Gasteiger partial charge is 0.279 e. The monoisotopic (exact) mass is 560 g/mol. The molecule has 198 valence electrons. The third kappa shape index (κ3) is 5.03. The van der Waals surface area contributed by atoms with Crippen molar-refractivity contribution in [2.24, 2.45) is 0 Å². The summed E-state index contributed by atoms with van der Waals surface area (Å²) < 4.78 is 1.33. The van der Waals surface area contributed by atoms with Crippen LogP contribution in [0.25, 0.3) is 11.3 Å². The van der Waals surface area contributed by atoms with Crippen molar-refractivity contribution in [1.82, 2.24) is 19.6 Å². The van der Waals surface area contributed by atoms with Crippen molar-refractivity contribution >= 4 is 40.6 Å². The number of carbonyl (C=O) groups is 2. The molecule has 0 bridgehead atoms. The van der Waals surface area contributed by atoms with E-state index in [-0.39, 0.29) is 23.4 Å². The molecular weight excluding hydrogens is 535 g/mol. The summed E-state index contributed by atoms with van der Waals surface area (Å²) in [5, 5.41) is 3.77. The zero-order valence-electron chi connectivity index (χ0n) is 21.4. The number of hydrogen-bond donors (Lipinski definition) is 1. The van der Waals surface area contributed by atoms with Gasteiger partial charge in [-0.2, -0.15) is 0 Å². The largest absolute Gasteiger partial charge is 0.365 e. The molecule has 0 saturated heterocycles. The van der Waals surface area contributed by atoms with E-state index in [4.69, 9.17) is 23.2 Å². The molecule has 0 radical (unpaired) electrons. The van der Waals surface area contributed by atoms with Gasteiger partial charge in [0.25, 0.3) is 17.4 Å². The number of imide groups is 1. The summed E-state index contributed by atoms with van der Waals surface area (Å²) in [5.41, 5.74) is 2.77. The van der Waals surface area contributed by atoms with Crippen LogP contribution in [-0.2, 0) is 29.1 Å². The van der Waals surface area contributed by atoms with Crippen LogP contribution in [-0.4, -0.2) is 38.4 Å². The fraction of sp³-hybridized carbons (Fsp3) is 0.167. The zero-order chi connectivity index (χ0) is 27.7. The van der Waals surface area contributed by atoms with Gasteiger partial charge in [-0.1, -0.05) is 90.8 Å². The number of halogens is 2. The summed E-state index contributed by atoms with van der Waals surface area (Å²) in [4.78, 5) is 44.7. The Balaban J connectivity index is 1.66. The van der Waals surface area contributed by atoms with E-state index in [0.717, 1.165) is 11.1 Å². The number of carbonyl (C=O) groups excluding carboxylic acids is 2. The fourth-order valence-corrected chi connectivity index (χ4v) is 5.08. The predicted octanol–water partition coefficient (Wildman–Crippen LogP) is 5.45. The zero-order valence-corrected chi connectivity index (χ0v) is 23.0. The third-order valence-corrected chi connectivity index (χ3v) is 7.44. The van der Waals surface area contributed by atoms with E-state index in [9.17, 15) is 14.4 Å². The lowest BCUT2D eigenvalue weighted by Gasteiger charge is -2.21. The van der Waals surface area contributed by atoms with E-state index in [1.807, 2.05) is 67.6 Å². The molecule has 4 aromatic rings. The van der Waals surface area contributed by atoms with E-state index in [2.05, 4.69) is 5.10 Å². The van der Waals surface area contributed by atoms with E-state index < -0.39 is 17.4 Å². The Kier molecular flexibility index (Phi) is 7.46. The third-order valence-electron chi connectivity index (χ3n) is 6.70. The lowest BCUT2D eigenvalue weighted by atomic mass is 10.0. The Morgan fingerprint density at radius 2 is 1.46 bits per heavy atom. The average molecular weight is 561 g/mol. The van der Waals surface area contributed by atoms with Crippen LogP contribution >= 0.6 is 23.2 Å². The second-order valence-corrected chi connectivity index (χ2v) is 10.1. The van der Waals surface area contributed by atoms with Gasteiger partial charge in [0.2, 0.25) is 0 Å². The van der Waals surface area contributed by atoms with Gasteiger partial charge < -0.3 is 4.90 Å². The first kappa shape index (κ1) is 26.5. The van der Waals surface area contributed by atoms with Crippen LogP contribution in [0.2, 0.25) is 10.0 Å². The maximum Gasteiger partial charge on any atom is 0.279 e. The summed E-state index contributed by atoms with van der Waals surface area (Å²) in [6.45, 7) is 2.35. The summed E-state index contributed by atoms with van der Waals surface area (Å²) in [6.07, 6.45) is 0.429. The van der Waals surface area contributed by atoms with Gasteiger partial charge in [0.15, 0.2) is 0 Å². The highest BCUT2D eigenvalue weighted by Gasteiger charge is 2.43. The number of aryl methyl sites for hydroxylation is 1. The molecule has 0 fully saturated rings. The first-order valence-corrected chi connectivity index (χ1v) is 13.2. The SMILES string of the molecule is CCc1[nH]n(-c2ccc(Cl)c(Cl)c2)c(=O)c1C1=C(N(C)Cc2ccccc2)C(=O)N(Cc2ccccc2)C1=O. The van der Waals surface area contributed by atoms with Gasteiger partial charge in [-0.3, -0.25) is 24.4 Å². The first-order chi connectivity index (χ1) is 18.8. The molecule has 1 N–H and O–H groups in total. The number of aromatic amines is 1. The van der Waals surface area contributed by atoms with E-state index >= 15 is 0 Å². The van der Waals surface area contributed by atoms with Gasteiger partial charge >= 0.3 is 0 Å². The normalized spacial score (nSPS) is 13.5. The maximum atomic E-state index is 14.0. The van der Waals surface area contributed by atoms with E-state index in [0.29, 0.717) is 34.4 Å². The standard InChI is InChI=1S/C30H26Cl2N4O3/c1-3-24-25(29(38)36(33-24)21-14-15-22(31)23(32)16-21)26-27(34(2)17-19-10-6-4-7-11-19)30(39)35(28(26)37)18-20-12-8-5-9-13-20/h4-16,33H,3,17-18H2,1-2H3. The lowest BCUT2D eigenvalue weighted by molar-refractivity contribution is -0.138. The maximum absolute atomic E-state index is 14.0. The molecule has 2 heterocycles. The molecule has 5 rings (SSSR count). The Hall–Kier alpha value is -4.07. The lowest BCUT2D eigenvalue weighted by Crippen LogP contribution is -2.33. The van der Waals surface area contributed by atoms with E-state index in [1.165, 1.54) is 9.58 Å². The highest BCUT2D eigenvalue weighted by molar-refractivity contribution is 6.42. The quantitative estimate of drug-likeness (QED) is 0.291. The van der Waals surface area contributed by atoms with Crippen molar-refractivity contribution in [3.05, 3.63) is 127 Å². The summed E-state index contributed by atoms with van der Waals surface area (Å²) in [6, 6.07) is 23.8. The number of aromatic nitrogens is 2. The van der Waals surface area contributed by atoms with Crippen molar-refractivity contribution in [3.8, 4) is 5.69 Å². The van der Waals surface area contributed by atoms with Crippen LogP contribution in [0.4, 0.5) is 0 Å². The number of nitrogens with zero attached hydrogens (tertiary/aromatic N) is 3. The van der Waals surface area contributed by atoms with E-state index in [1.54, 1.807) is 30.1 Å². The molecule has 2 amide bonds. The molecule has 9 heteroatoms. The van der Waals surface area contributed by atoms with Gasteiger partial charge in [0, 0.05) is 19.3 Å². The average Bonchev–Trinajstić information content (AvgIpc) is 3.39. The number of likely N-dealkylation sites (N-methyl/N-ethyl adjacent to an activating group) is 1. The molecule has 0 spiro atoms. The second kappa shape index (κ2) is 11.0. The topological polar surface area (TPSA) is 78.4 Å². The Morgan fingerprint density at radius 3 is 2.08 bits per heavy atom. The number of amides is 2. The first-order valence-electron chi connectivity index (χ1n) is 12.5.